The van der Waals surface area contributed by atoms with E-state index in [4.69, 9.17) is 4.74 Å². The molecule has 0 saturated carbocycles. The Morgan fingerprint density at radius 3 is 2.12 bits per heavy atom. The van der Waals surface area contributed by atoms with Gasteiger partial charge in [0.15, 0.2) is 15.9 Å². The molecule has 224 valence electrons. The van der Waals surface area contributed by atoms with Crippen LogP contribution in [0.4, 0.5) is 5.69 Å². The monoisotopic (exact) mass is 638 g/mol. The van der Waals surface area contributed by atoms with Crippen LogP contribution >= 0.6 is 34.7 Å². The Morgan fingerprint density at radius 1 is 1.17 bits per heavy atom. The van der Waals surface area contributed by atoms with Gasteiger partial charge in [0.2, 0.25) is 5.91 Å². The first-order valence-corrected chi connectivity index (χ1v) is 19.2. The third-order valence-corrected chi connectivity index (χ3v) is 18.8. The van der Waals surface area contributed by atoms with E-state index < -0.39 is 23.5 Å². The fraction of sp³-hybridized carbons (Fsp3) is 0.500. The summed E-state index contributed by atoms with van der Waals surface area (Å²) in [6.45, 7) is 19.7. The van der Waals surface area contributed by atoms with Crippen LogP contribution in [0.3, 0.4) is 0 Å². The Hall–Kier alpha value is -2.35. The van der Waals surface area contributed by atoms with Crippen molar-refractivity contribution in [1.29, 1.82) is 0 Å². The third kappa shape index (κ3) is 8.36. The first-order valence-electron chi connectivity index (χ1n) is 13.0. The molecule has 0 aliphatic carbocycles. The molecule has 0 unspecified atom stereocenters. The third-order valence-electron chi connectivity index (χ3n) is 7.32. The minimum atomic E-state index is -1.85. The van der Waals surface area contributed by atoms with E-state index in [9.17, 15) is 29.3 Å². The smallest absolute Gasteiger partial charge is 0.357 e. The van der Waals surface area contributed by atoms with Gasteiger partial charge in [0.05, 0.1) is 14.6 Å². The molecule has 2 rings (SSSR count). The van der Waals surface area contributed by atoms with Crippen LogP contribution in [-0.2, 0) is 30.5 Å². The maximum absolute atomic E-state index is 14.0. The van der Waals surface area contributed by atoms with Crippen molar-refractivity contribution >= 4 is 69.8 Å². The summed E-state index contributed by atoms with van der Waals surface area (Å²) in [6, 6.07) is 5.53. The number of β-lactam (4-membered cyclic amide) rings is 1. The number of non-ortho nitro benzene ring substituents is 1. The molecule has 0 aromatic heterocycles. The second-order valence-electron chi connectivity index (χ2n) is 11.4. The standard InChI is InChI=1S/C28H38N2O7S3Si/c1-10-15-28(18(2)40-41(8,9)27(5,6)7)17-29(26(28)34)23(25(38-19(3)31)39-20(4)32)24(33)37-16-21-11-13-22(14-12-21)30(35)36/h10-14,18H,1,15-17H2,2-9H3/t18-,28-/m1/s1. The van der Waals surface area contributed by atoms with Crippen molar-refractivity contribution in [2.75, 3.05) is 6.54 Å². The molecule has 41 heavy (non-hydrogen) atoms. The van der Waals surface area contributed by atoms with Crippen LogP contribution in [0.5, 0.6) is 0 Å². The second kappa shape index (κ2) is 13.7. The average molecular weight is 639 g/mol. The molecule has 2 atom stereocenters. The van der Waals surface area contributed by atoms with E-state index in [1.165, 1.54) is 43.0 Å². The van der Waals surface area contributed by atoms with Gasteiger partial charge >= 0.3 is 5.97 Å². The van der Waals surface area contributed by atoms with E-state index in [2.05, 4.69) is 40.4 Å². The molecule has 0 N–H and O–H groups in total. The summed E-state index contributed by atoms with van der Waals surface area (Å²) in [5.41, 5.74) is -0.563. The summed E-state index contributed by atoms with van der Waals surface area (Å²) in [4.78, 5) is 63.5. The highest BCUT2D eigenvalue weighted by Crippen LogP contribution is 2.53. The largest absolute Gasteiger partial charge is 0.456 e. The van der Waals surface area contributed by atoms with Crippen molar-refractivity contribution in [1.82, 2.24) is 4.90 Å². The molecule has 9 nitrogen and oxygen atoms in total. The number of likely N-dealkylation sites (tertiary alicyclic amines) is 1. The maximum atomic E-state index is 14.0. The molecule has 0 radical (unpaired) electrons. The van der Waals surface area contributed by atoms with Gasteiger partial charge in [0, 0.05) is 37.8 Å². The molecule has 1 saturated heterocycles. The molecular weight excluding hydrogens is 601 g/mol. The van der Waals surface area contributed by atoms with Gasteiger partial charge in [-0.1, -0.05) is 46.9 Å². The zero-order valence-corrected chi connectivity index (χ0v) is 28.2. The van der Waals surface area contributed by atoms with Crippen LogP contribution in [0, 0.1) is 15.5 Å². The van der Waals surface area contributed by atoms with Gasteiger partial charge in [-0.05, 0) is 52.7 Å². The zero-order chi connectivity index (χ0) is 31.3. The highest BCUT2D eigenvalue weighted by molar-refractivity contribution is 8.34. The second-order valence-corrected chi connectivity index (χ2v) is 23.2. The minimum Gasteiger partial charge on any atom is -0.456 e. The van der Waals surface area contributed by atoms with Gasteiger partial charge in [-0.15, -0.1) is 6.58 Å². The number of hydrogen-bond acceptors (Lipinski definition) is 10. The number of benzene rings is 1. The van der Waals surface area contributed by atoms with Crippen LogP contribution in [0.2, 0.25) is 18.1 Å². The number of allylic oxidation sites excluding steroid dienone is 1. The SMILES string of the molecule is C=CC[C@]1([C@@H](C)S[Si](C)(C)C(C)(C)C)CN(C(C(=O)OCc2ccc([N+](=O)[O-])cc2)=C(SC(C)=O)SC(C)=O)C1=O. The highest BCUT2D eigenvalue weighted by Gasteiger charge is 2.58. The molecular formula is C28H38N2O7S3Si. The lowest BCUT2D eigenvalue weighted by atomic mass is 9.73. The van der Waals surface area contributed by atoms with Gasteiger partial charge < -0.3 is 9.64 Å². The van der Waals surface area contributed by atoms with Crippen molar-refractivity contribution in [3.05, 3.63) is 62.5 Å². The number of amides is 1. The first-order chi connectivity index (χ1) is 18.9. The average Bonchev–Trinajstić information content (AvgIpc) is 2.84. The lowest BCUT2D eigenvalue weighted by Crippen LogP contribution is -2.65. The number of ether oxygens (including phenoxy) is 1. The number of nitrogens with zero attached hydrogens (tertiary/aromatic N) is 2. The van der Waals surface area contributed by atoms with Gasteiger partial charge in [-0.2, -0.15) is 11.2 Å². The molecule has 1 fully saturated rings. The summed E-state index contributed by atoms with van der Waals surface area (Å²) in [6.07, 6.45) is 2.12. The number of carbonyl (C=O) groups is 4. The lowest BCUT2D eigenvalue weighted by Gasteiger charge is -2.53. The highest BCUT2D eigenvalue weighted by atomic mass is 32.4. The van der Waals surface area contributed by atoms with Crippen molar-refractivity contribution in [3.8, 4) is 0 Å². The fourth-order valence-corrected chi connectivity index (χ4v) is 12.1. The Labute approximate surface area is 255 Å². The predicted molar refractivity (Wildman–Crippen MR) is 170 cm³/mol. The minimum absolute atomic E-state index is 0.0731. The summed E-state index contributed by atoms with van der Waals surface area (Å²) in [7, 11) is -1.85. The molecule has 1 heterocycles. The van der Waals surface area contributed by atoms with E-state index in [1.54, 1.807) is 6.08 Å². The Morgan fingerprint density at radius 2 is 1.71 bits per heavy atom. The number of thioether (sulfide) groups is 2. The molecule has 0 spiro atoms. The van der Waals surface area contributed by atoms with Crippen LogP contribution in [0.25, 0.3) is 0 Å². The van der Waals surface area contributed by atoms with Crippen LogP contribution in [-0.4, -0.2) is 50.9 Å². The number of nitro groups is 1. The molecule has 1 aromatic rings. The van der Waals surface area contributed by atoms with Gasteiger partial charge in [-0.3, -0.25) is 24.5 Å². The van der Waals surface area contributed by atoms with Gasteiger partial charge in [0.1, 0.15) is 13.8 Å². The Bertz CT molecular complexity index is 1240. The van der Waals surface area contributed by atoms with Crippen molar-refractivity contribution in [2.45, 2.75) is 78.0 Å². The number of rotatable bonds is 12. The normalized spacial score (nSPS) is 17.8. The molecule has 1 aliphatic rings. The van der Waals surface area contributed by atoms with Crippen molar-refractivity contribution in [3.63, 3.8) is 0 Å². The van der Waals surface area contributed by atoms with E-state index in [0.717, 1.165) is 0 Å². The van der Waals surface area contributed by atoms with Gasteiger partial charge in [0.25, 0.3) is 5.69 Å². The van der Waals surface area contributed by atoms with Crippen LogP contribution in [0.15, 0.2) is 46.9 Å². The van der Waals surface area contributed by atoms with E-state index >= 15 is 0 Å². The maximum Gasteiger partial charge on any atom is 0.357 e. The molecule has 1 amide bonds. The number of esters is 1. The summed E-state index contributed by atoms with van der Waals surface area (Å²) in [5, 5.41) is 10.2. The van der Waals surface area contributed by atoms with Crippen LogP contribution < -0.4 is 0 Å². The van der Waals surface area contributed by atoms with Crippen molar-refractivity contribution < 1.29 is 28.8 Å². The first kappa shape index (κ1) is 34.8. The summed E-state index contributed by atoms with van der Waals surface area (Å²) < 4.78 is 5.60. The Kier molecular flexibility index (Phi) is 11.7. The molecule has 1 aliphatic heterocycles. The predicted octanol–water partition coefficient (Wildman–Crippen LogP) is 6.90. The van der Waals surface area contributed by atoms with Crippen LogP contribution in [0.1, 0.15) is 53.5 Å². The van der Waals surface area contributed by atoms with Crippen molar-refractivity contribution in [2.24, 2.45) is 5.41 Å². The number of nitro benzene ring substituents is 1. The van der Waals surface area contributed by atoms with E-state index in [-0.39, 0.29) is 55.2 Å². The topological polar surface area (TPSA) is 124 Å². The molecule has 1 aromatic carbocycles. The number of carbonyl (C=O) groups excluding carboxylic acids is 4. The number of hydrogen-bond donors (Lipinski definition) is 0. The fourth-order valence-electron chi connectivity index (χ4n) is 4.00. The lowest BCUT2D eigenvalue weighted by molar-refractivity contribution is -0.384. The summed E-state index contributed by atoms with van der Waals surface area (Å²) in [5.74, 6) is -1.16. The van der Waals surface area contributed by atoms with E-state index in [0.29, 0.717) is 35.5 Å². The molecule has 13 heteroatoms. The van der Waals surface area contributed by atoms with E-state index in [1.807, 2.05) is 18.1 Å². The summed E-state index contributed by atoms with van der Waals surface area (Å²) >= 11 is 3.24. The quantitative estimate of drug-likeness (QED) is 0.0454. The Balaban J connectivity index is 2.47. The van der Waals surface area contributed by atoms with Gasteiger partial charge in [-0.25, -0.2) is 4.79 Å². The molecule has 0 bridgehead atoms. The zero-order valence-electron chi connectivity index (χ0n) is 24.8.